The fourth-order valence-corrected chi connectivity index (χ4v) is 5.02. The molecule has 3 heterocycles. The number of ether oxygens (including phenoxy) is 1. The molecule has 0 unspecified atom stereocenters. The number of amides is 2. The Bertz CT molecular complexity index is 1110. The van der Waals surface area contributed by atoms with Crippen molar-refractivity contribution in [2.45, 2.75) is 11.4 Å². The summed E-state index contributed by atoms with van der Waals surface area (Å²) in [5.41, 5.74) is 4.67. The van der Waals surface area contributed by atoms with Crippen LogP contribution in [0, 0.1) is 0 Å². The van der Waals surface area contributed by atoms with E-state index in [2.05, 4.69) is 21.8 Å². The van der Waals surface area contributed by atoms with Crippen molar-refractivity contribution in [1.29, 1.82) is 0 Å². The molecule has 3 aromatic rings. The van der Waals surface area contributed by atoms with Crippen LogP contribution in [-0.4, -0.2) is 48.5 Å². The highest BCUT2D eigenvalue weighted by molar-refractivity contribution is 7.97. The van der Waals surface area contributed by atoms with Gasteiger partial charge in [-0.1, -0.05) is 12.1 Å². The molecule has 0 bridgehead atoms. The molecule has 2 aliphatic rings. The Morgan fingerprint density at radius 1 is 1.10 bits per heavy atom. The normalized spacial score (nSPS) is 16.4. The van der Waals surface area contributed by atoms with E-state index < -0.39 is 0 Å². The van der Waals surface area contributed by atoms with Crippen molar-refractivity contribution >= 4 is 28.9 Å². The monoisotopic (exact) mass is 421 g/mol. The predicted molar refractivity (Wildman–Crippen MR) is 117 cm³/mol. The Morgan fingerprint density at radius 3 is 2.73 bits per heavy atom. The van der Waals surface area contributed by atoms with Crippen LogP contribution >= 0.6 is 11.9 Å². The minimum Gasteiger partial charge on any atom is -0.497 e. The van der Waals surface area contributed by atoms with Crippen LogP contribution in [0.4, 0.5) is 4.79 Å². The fraction of sp³-hybridized carbons (Fsp3) is 0.261. The third kappa shape index (κ3) is 3.91. The molecular formula is C23H23N3O3S. The number of hydrogen-bond acceptors (Lipinski definition) is 5. The molecule has 2 aliphatic heterocycles. The van der Waals surface area contributed by atoms with Gasteiger partial charge in [0.05, 0.1) is 13.4 Å². The molecule has 6 nitrogen and oxygen atoms in total. The van der Waals surface area contributed by atoms with Crippen molar-refractivity contribution in [2.75, 3.05) is 33.3 Å². The van der Waals surface area contributed by atoms with Crippen LogP contribution in [0.5, 0.6) is 5.75 Å². The molecule has 0 aliphatic carbocycles. The molecule has 1 N–H and O–H groups in total. The maximum absolute atomic E-state index is 12.6. The smallest absolute Gasteiger partial charge is 0.318 e. The van der Waals surface area contributed by atoms with Gasteiger partial charge in [0.15, 0.2) is 0 Å². The molecule has 0 atom stereocenters. The first-order valence-electron chi connectivity index (χ1n) is 9.93. The zero-order chi connectivity index (χ0) is 20.5. The summed E-state index contributed by atoms with van der Waals surface area (Å²) in [7, 11) is 1.65. The van der Waals surface area contributed by atoms with Gasteiger partial charge in [0.2, 0.25) is 0 Å². The van der Waals surface area contributed by atoms with Gasteiger partial charge in [-0.2, -0.15) is 0 Å². The molecule has 0 radical (unpaired) electrons. The molecule has 2 aromatic carbocycles. The number of benzene rings is 2. The van der Waals surface area contributed by atoms with Gasteiger partial charge in [-0.25, -0.2) is 9.10 Å². The zero-order valence-electron chi connectivity index (χ0n) is 16.8. The lowest BCUT2D eigenvalue weighted by Crippen LogP contribution is -2.40. The Balaban J connectivity index is 1.12. The van der Waals surface area contributed by atoms with Crippen LogP contribution in [0.1, 0.15) is 5.56 Å². The Kier molecular flexibility index (Phi) is 5.14. The number of methoxy groups -OCH3 is 1. The Hall–Kier alpha value is -2.90. The summed E-state index contributed by atoms with van der Waals surface area (Å²) in [6.07, 6.45) is 1.72. The molecule has 1 aromatic heterocycles. The quantitative estimate of drug-likeness (QED) is 0.492. The van der Waals surface area contributed by atoms with Gasteiger partial charge in [-0.15, -0.1) is 0 Å². The van der Waals surface area contributed by atoms with Gasteiger partial charge in [0.1, 0.15) is 11.3 Å². The molecule has 0 saturated carbocycles. The van der Waals surface area contributed by atoms with Crippen molar-refractivity contribution in [3.05, 3.63) is 71.5 Å². The van der Waals surface area contributed by atoms with Gasteiger partial charge < -0.3 is 19.4 Å². The number of hydrogen-bond donors (Lipinski definition) is 1. The van der Waals surface area contributed by atoms with Crippen LogP contribution in [0.2, 0.25) is 0 Å². The minimum atomic E-state index is -0.0168. The van der Waals surface area contributed by atoms with Crippen molar-refractivity contribution in [2.24, 2.45) is 0 Å². The SMILES string of the molecule is COc1cccc(CNC(=O)N2CC3=C(CN(Sc4ccc5occc5c4)C3)C2)c1. The third-order valence-corrected chi connectivity index (χ3v) is 6.50. The lowest BCUT2D eigenvalue weighted by atomic mass is 10.2. The van der Waals surface area contributed by atoms with E-state index in [0.29, 0.717) is 19.6 Å². The molecular weight excluding hydrogens is 398 g/mol. The molecule has 2 amide bonds. The van der Waals surface area contributed by atoms with Crippen molar-refractivity contribution in [3.8, 4) is 5.75 Å². The van der Waals surface area contributed by atoms with E-state index in [1.54, 1.807) is 25.3 Å². The second-order valence-corrected chi connectivity index (χ2v) is 8.75. The largest absolute Gasteiger partial charge is 0.497 e. The van der Waals surface area contributed by atoms with Gasteiger partial charge in [0.25, 0.3) is 0 Å². The van der Waals surface area contributed by atoms with Crippen molar-refractivity contribution in [1.82, 2.24) is 14.5 Å². The number of rotatable bonds is 5. The first-order valence-corrected chi connectivity index (χ1v) is 10.7. The second kappa shape index (κ2) is 8.08. The average molecular weight is 422 g/mol. The molecule has 7 heteroatoms. The average Bonchev–Trinajstić information content (AvgIpc) is 3.46. The Morgan fingerprint density at radius 2 is 1.93 bits per heavy atom. The highest BCUT2D eigenvalue weighted by atomic mass is 32.2. The maximum atomic E-state index is 12.6. The topological polar surface area (TPSA) is 58.0 Å². The molecule has 154 valence electrons. The van der Waals surface area contributed by atoms with Crippen molar-refractivity contribution in [3.63, 3.8) is 0 Å². The van der Waals surface area contributed by atoms with Crippen LogP contribution in [0.25, 0.3) is 11.0 Å². The number of furan rings is 1. The van der Waals surface area contributed by atoms with Gasteiger partial charge in [-0.3, -0.25) is 0 Å². The lowest BCUT2D eigenvalue weighted by molar-refractivity contribution is 0.208. The summed E-state index contributed by atoms with van der Waals surface area (Å²) >= 11 is 1.77. The Labute approximate surface area is 179 Å². The highest BCUT2D eigenvalue weighted by Crippen LogP contribution is 2.34. The highest BCUT2D eigenvalue weighted by Gasteiger charge is 2.32. The molecule has 5 rings (SSSR count). The third-order valence-electron chi connectivity index (χ3n) is 5.52. The molecule has 0 saturated heterocycles. The first-order chi connectivity index (χ1) is 14.7. The summed E-state index contributed by atoms with van der Waals surface area (Å²) < 4.78 is 13.0. The summed E-state index contributed by atoms with van der Waals surface area (Å²) in [5, 5.41) is 4.15. The summed E-state index contributed by atoms with van der Waals surface area (Å²) in [4.78, 5) is 15.7. The summed E-state index contributed by atoms with van der Waals surface area (Å²) in [6, 6.07) is 16.0. The van der Waals surface area contributed by atoms with Crippen molar-refractivity contribution < 1.29 is 13.9 Å². The van der Waals surface area contributed by atoms with E-state index in [1.165, 1.54) is 16.0 Å². The molecule has 0 spiro atoms. The number of nitrogens with one attached hydrogen (secondary N) is 1. The van der Waals surface area contributed by atoms with E-state index in [-0.39, 0.29) is 6.03 Å². The number of carbonyl (C=O) groups is 1. The maximum Gasteiger partial charge on any atom is 0.318 e. The van der Waals surface area contributed by atoms with E-state index in [0.717, 1.165) is 35.4 Å². The number of carbonyl (C=O) groups excluding carboxylic acids is 1. The second-order valence-electron chi connectivity index (χ2n) is 7.58. The lowest BCUT2D eigenvalue weighted by Gasteiger charge is -2.22. The summed E-state index contributed by atoms with van der Waals surface area (Å²) in [5.74, 6) is 0.799. The standard InChI is InChI=1S/C23H23N3O3S/c1-28-20-4-2-3-16(9-20)11-24-23(27)25-12-18-14-26(15-19(18)13-25)30-21-5-6-22-17(10-21)7-8-29-22/h2-10H,11-15H2,1H3,(H,24,27). The fourth-order valence-electron chi connectivity index (χ4n) is 3.98. The van der Waals surface area contributed by atoms with E-state index in [1.807, 2.05) is 41.3 Å². The molecule has 30 heavy (non-hydrogen) atoms. The number of urea groups is 1. The van der Waals surface area contributed by atoms with Crippen LogP contribution in [-0.2, 0) is 6.54 Å². The zero-order valence-corrected chi connectivity index (χ0v) is 17.6. The van der Waals surface area contributed by atoms with Gasteiger partial charge >= 0.3 is 6.03 Å². The van der Waals surface area contributed by atoms with Gasteiger partial charge in [0, 0.05) is 43.0 Å². The van der Waals surface area contributed by atoms with Crippen LogP contribution < -0.4 is 10.1 Å². The summed E-state index contributed by atoms with van der Waals surface area (Å²) in [6.45, 7) is 3.69. The van der Waals surface area contributed by atoms with Crippen LogP contribution in [0.15, 0.2) is 75.3 Å². The predicted octanol–water partition coefficient (Wildman–Crippen LogP) is 4.29. The van der Waals surface area contributed by atoms with E-state index >= 15 is 0 Å². The number of fused-ring (bicyclic) bond motifs is 1. The molecule has 0 fully saturated rings. The van der Waals surface area contributed by atoms with Gasteiger partial charge in [-0.05, 0) is 65.1 Å². The minimum absolute atomic E-state index is 0.0168. The van der Waals surface area contributed by atoms with E-state index in [4.69, 9.17) is 9.15 Å². The van der Waals surface area contributed by atoms with E-state index in [9.17, 15) is 4.79 Å². The van der Waals surface area contributed by atoms with Crippen LogP contribution in [0.3, 0.4) is 0 Å². The first kappa shape index (κ1) is 19.1. The number of nitrogens with zero attached hydrogens (tertiary/aromatic N) is 2.